The number of alkyl halides is 1. The van der Waals surface area contributed by atoms with Gasteiger partial charge in [0.15, 0.2) is 0 Å². The molecule has 7 heteroatoms. The zero-order valence-electron chi connectivity index (χ0n) is 7.37. The maximum atomic E-state index is 11.0. The second-order valence-corrected chi connectivity index (χ2v) is 3.57. The van der Waals surface area contributed by atoms with Gasteiger partial charge in [0.1, 0.15) is 0 Å². The van der Waals surface area contributed by atoms with Gasteiger partial charge in [-0.2, -0.15) is 0 Å². The van der Waals surface area contributed by atoms with E-state index in [0.29, 0.717) is 5.69 Å². The molecule has 15 heavy (non-hydrogen) atoms. The van der Waals surface area contributed by atoms with Crippen molar-refractivity contribution in [1.29, 1.82) is 0 Å². The van der Waals surface area contributed by atoms with Crippen molar-refractivity contribution >= 4 is 44.8 Å². The standard InChI is InChI=1S/C8H6BrClN2O3/c9-4-8(13)11-7-2-1-5(12(14)15)3-6(7)10/h1-3H,4H2,(H,11,13). The van der Waals surface area contributed by atoms with E-state index in [1.54, 1.807) is 0 Å². The Bertz CT molecular complexity index is 411. The van der Waals surface area contributed by atoms with Crippen LogP contribution in [-0.2, 0) is 4.79 Å². The van der Waals surface area contributed by atoms with Gasteiger partial charge in [0.2, 0.25) is 5.91 Å². The molecule has 0 unspecified atom stereocenters. The Hall–Kier alpha value is -1.14. The number of nitrogens with one attached hydrogen (secondary N) is 1. The van der Waals surface area contributed by atoms with Crippen molar-refractivity contribution in [2.24, 2.45) is 0 Å². The minimum atomic E-state index is -0.554. The lowest BCUT2D eigenvalue weighted by molar-refractivity contribution is -0.384. The van der Waals surface area contributed by atoms with Crippen LogP contribution in [0.1, 0.15) is 0 Å². The van der Waals surface area contributed by atoms with E-state index < -0.39 is 4.92 Å². The molecule has 1 amide bonds. The highest BCUT2D eigenvalue weighted by Gasteiger charge is 2.10. The first-order chi connectivity index (χ1) is 7.04. The molecule has 0 aliphatic rings. The summed E-state index contributed by atoms with van der Waals surface area (Å²) in [5, 5.41) is 13.2. The predicted octanol–water partition coefficient (Wildman–Crippen LogP) is 2.58. The van der Waals surface area contributed by atoms with Gasteiger partial charge < -0.3 is 5.32 Å². The van der Waals surface area contributed by atoms with Crippen LogP contribution in [-0.4, -0.2) is 16.2 Å². The van der Waals surface area contributed by atoms with Gasteiger partial charge in [-0.25, -0.2) is 0 Å². The SMILES string of the molecule is O=C(CBr)Nc1ccc([N+](=O)[O-])cc1Cl. The summed E-state index contributed by atoms with van der Waals surface area (Å²) >= 11 is 8.71. The molecule has 0 bridgehead atoms. The van der Waals surface area contributed by atoms with Gasteiger partial charge in [0, 0.05) is 12.1 Å². The topological polar surface area (TPSA) is 72.2 Å². The van der Waals surface area contributed by atoms with E-state index in [-0.39, 0.29) is 21.9 Å². The number of amides is 1. The largest absolute Gasteiger partial charge is 0.324 e. The summed E-state index contributed by atoms with van der Waals surface area (Å²) in [6.07, 6.45) is 0. The summed E-state index contributed by atoms with van der Waals surface area (Å²) in [5.41, 5.74) is 0.239. The lowest BCUT2D eigenvalue weighted by Gasteiger charge is -2.04. The number of hydrogen-bond donors (Lipinski definition) is 1. The van der Waals surface area contributed by atoms with Gasteiger partial charge in [0.05, 0.1) is 21.0 Å². The third-order valence-electron chi connectivity index (χ3n) is 1.56. The molecule has 0 saturated carbocycles. The van der Waals surface area contributed by atoms with Crippen LogP contribution in [0.2, 0.25) is 5.02 Å². The van der Waals surface area contributed by atoms with Crippen LogP contribution in [0.5, 0.6) is 0 Å². The summed E-state index contributed by atoms with van der Waals surface area (Å²) in [6, 6.07) is 3.85. The molecule has 80 valence electrons. The van der Waals surface area contributed by atoms with Crippen molar-refractivity contribution in [2.45, 2.75) is 0 Å². The Labute approximate surface area is 98.7 Å². The number of rotatable bonds is 3. The maximum absolute atomic E-state index is 11.0. The smallest absolute Gasteiger partial charge is 0.271 e. The number of halogens is 2. The molecule has 0 atom stereocenters. The molecule has 1 N–H and O–H groups in total. The van der Waals surface area contributed by atoms with E-state index >= 15 is 0 Å². The molecule has 1 aromatic carbocycles. The van der Waals surface area contributed by atoms with E-state index in [9.17, 15) is 14.9 Å². The number of non-ortho nitro benzene ring substituents is 1. The molecular weight excluding hydrogens is 287 g/mol. The number of nitro benzene ring substituents is 1. The first-order valence-electron chi connectivity index (χ1n) is 3.84. The minimum absolute atomic E-state index is 0.114. The van der Waals surface area contributed by atoms with Gasteiger partial charge in [-0.15, -0.1) is 0 Å². The van der Waals surface area contributed by atoms with Gasteiger partial charge >= 0.3 is 0 Å². The lowest BCUT2D eigenvalue weighted by Crippen LogP contribution is -2.12. The summed E-state index contributed by atoms with van der Waals surface area (Å²) in [7, 11) is 0. The van der Waals surface area contributed by atoms with E-state index in [0.717, 1.165) is 0 Å². The molecule has 1 aromatic rings. The van der Waals surface area contributed by atoms with Crippen LogP contribution < -0.4 is 5.32 Å². The second-order valence-electron chi connectivity index (χ2n) is 2.60. The Morgan fingerprint density at radius 3 is 2.73 bits per heavy atom. The van der Waals surface area contributed by atoms with Crippen LogP contribution >= 0.6 is 27.5 Å². The Balaban J connectivity index is 2.93. The summed E-state index contributed by atoms with van der Waals surface area (Å²) in [5.74, 6) is -0.272. The van der Waals surface area contributed by atoms with Crippen molar-refractivity contribution in [1.82, 2.24) is 0 Å². The number of carbonyl (C=O) groups excluding carboxylic acids is 1. The third-order valence-corrected chi connectivity index (χ3v) is 2.38. The number of anilines is 1. The average molecular weight is 294 g/mol. The molecule has 0 spiro atoms. The van der Waals surface area contributed by atoms with Gasteiger partial charge in [-0.05, 0) is 6.07 Å². The van der Waals surface area contributed by atoms with Crippen LogP contribution in [0.4, 0.5) is 11.4 Å². The third kappa shape index (κ3) is 3.17. The van der Waals surface area contributed by atoms with Crippen molar-refractivity contribution in [3.63, 3.8) is 0 Å². The van der Waals surface area contributed by atoms with Gasteiger partial charge in [-0.3, -0.25) is 14.9 Å². The number of carbonyl (C=O) groups is 1. The van der Waals surface area contributed by atoms with E-state index in [4.69, 9.17) is 11.6 Å². The summed E-state index contributed by atoms with van der Waals surface area (Å²) < 4.78 is 0. The van der Waals surface area contributed by atoms with Crippen molar-refractivity contribution in [3.8, 4) is 0 Å². The number of nitrogens with zero attached hydrogens (tertiary/aromatic N) is 1. The number of nitro groups is 1. The average Bonchev–Trinajstić information content (AvgIpc) is 2.20. The Morgan fingerprint density at radius 2 is 2.27 bits per heavy atom. The molecule has 0 heterocycles. The summed E-state index contributed by atoms with van der Waals surface area (Å²) in [6.45, 7) is 0. The van der Waals surface area contributed by atoms with Gasteiger partial charge in [-0.1, -0.05) is 27.5 Å². The normalized spacial score (nSPS) is 9.73. The van der Waals surface area contributed by atoms with Gasteiger partial charge in [0.25, 0.3) is 5.69 Å². The van der Waals surface area contributed by atoms with Crippen LogP contribution in [0.15, 0.2) is 18.2 Å². The maximum Gasteiger partial charge on any atom is 0.271 e. The van der Waals surface area contributed by atoms with Crippen LogP contribution in [0.3, 0.4) is 0 Å². The number of benzene rings is 1. The molecule has 0 radical (unpaired) electrons. The first-order valence-corrected chi connectivity index (χ1v) is 5.34. The Kier molecular flexibility index (Phi) is 4.05. The minimum Gasteiger partial charge on any atom is -0.324 e. The molecular formula is C8H6BrClN2O3. The fourth-order valence-electron chi connectivity index (χ4n) is 0.903. The highest BCUT2D eigenvalue weighted by Crippen LogP contribution is 2.26. The fourth-order valence-corrected chi connectivity index (χ4v) is 1.26. The molecule has 0 aliphatic heterocycles. The molecule has 0 aromatic heterocycles. The Morgan fingerprint density at radius 1 is 1.60 bits per heavy atom. The molecule has 1 rings (SSSR count). The molecule has 5 nitrogen and oxygen atoms in total. The van der Waals surface area contributed by atoms with E-state index in [1.165, 1.54) is 18.2 Å². The van der Waals surface area contributed by atoms with Crippen molar-refractivity contribution < 1.29 is 9.72 Å². The number of hydrogen-bond acceptors (Lipinski definition) is 3. The van der Waals surface area contributed by atoms with Crippen LogP contribution in [0.25, 0.3) is 0 Å². The highest BCUT2D eigenvalue weighted by molar-refractivity contribution is 9.09. The monoisotopic (exact) mass is 292 g/mol. The molecule has 0 saturated heterocycles. The van der Waals surface area contributed by atoms with Crippen LogP contribution in [0, 0.1) is 10.1 Å². The fraction of sp³-hybridized carbons (Fsp3) is 0.125. The zero-order valence-corrected chi connectivity index (χ0v) is 9.71. The predicted molar refractivity (Wildman–Crippen MR) is 60.5 cm³/mol. The second kappa shape index (κ2) is 5.09. The highest BCUT2D eigenvalue weighted by atomic mass is 79.9. The molecule has 0 aliphatic carbocycles. The first kappa shape index (κ1) is 11.9. The quantitative estimate of drug-likeness (QED) is 0.529. The van der Waals surface area contributed by atoms with E-state index in [2.05, 4.69) is 21.2 Å². The van der Waals surface area contributed by atoms with Crippen molar-refractivity contribution in [3.05, 3.63) is 33.3 Å². The van der Waals surface area contributed by atoms with E-state index in [1.807, 2.05) is 0 Å². The zero-order chi connectivity index (χ0) is 11.4. The molecule has 0 fully saturated rings. The lowest BCUT2D eigenvalue weighted by atomic mass is 10.3. The van der Waals surface area contributed by atoms with Crippen molar-refractivity contribution in [2.75, 3.05) is 10.6 Å². The summed E-state index contributed by atoms with van der Waals surface area (Å²) in [4.78, 5) is 20.8.